The molecule has 0 aromatic heterocycles. The molecule has 0 radical (unpaired) electrons. The SMILES string of the molecule is COc1ccc(S(=O)(=O)N2C[C@@H]3CCC[C@@]3(C(=O)O)C2)cc1F. The fraction of sp³-hybridized carbons (Fsp3) is 0.533. The van der Waals surface area contributed by atoms with E-state index in [1.165, 1.54) is 23.5 Å². The van der Waals surface area contributed by atoms with Crippen molar-refractivity contribution in [1.82, 2.24) is 4.31 Å². The van der Waals surface area contributed by atoms with Crippen LogP contribution in [0, 0.1) is 17.2 Å². The van der Waals surface area contributed by atoms with Crippen molar-refractivity contribution in [2.24, 2.45) is 11.3 Å². The first-order valence-corrected chi connectivity index (χ1v) is 8.82. The minimum atomic E-state index is -3.93. The molecule has 6 nitrogen and oxygen atoms in total. The molecule has 2 atom stereocenters. The van der Waals surface area contributed by atoms with Crippen molar-refractivity contribution < 1.29 is 27.4 Å². The molecule has 0 spiro atoms. The van der Waals surface area contributed by atoms with E-state index in [1.807, 2.05) is 0 Å². The normalized spacial score (nSPS) is 27.8. The molecule has 0 unspecified atom stereocenters. The Morgan fingerprint density at radius 2 is 2.22 bits per heavy atom. The highest BCUT2D eigenvalue weighted by Crippen LogP contribution is 2.50. The average Bonchev–Trinajstić information content (AvgIpc) is 3.05. The number of fused-ring (bicyclic) bond motifs is 1. The number of nitrogens with zero attached hydrogens (tertiary/aromatic N) is 1. The summed E-state index contributed by atoms with van der Waals surface area (Å²) in [5.41, 5.74) is -1.00. The van der Waals surface area contributed by atoms with Crippen LogP contribution in [0.15, 0.2) is 23.1 Å². The van der Waals surface area contributed by atoms with Gasteiger partial charge in [-0.15, -0.1) is 0 Å². The molecule has 1 aromatic rings. The standard InChI is InChI=1S/C15H18FNO5S/c1-22-13-5-4-11(7-12(13)16)23(20,21)17-8-10-3-2-6-15(10,9-17)14(18)19/h4-5,7,10H,2-3,6,8-9H2,1H3,(H,18,19)/t10-,15+/m0/s1. The zero-order chi connectivity index (χ0) is 16.8. The number of benzene rings is 1. The van der Waals surface area contributed by atoms with Gasteiger partial charge in [-0.25, -0.2) is 12.8 Å². The summed E-state index contributed by atoms with van der Waals surface area (Å²) >= 11 is 0. The summed E-state index contributed by atoms with van der Waals surface area (Å²) in [5.74, 6) is -1.93. The maximum absolute atomic E-state index is 13.8. The molecule has 126 valence electrons. The fourth-order valence-corrected chi connectivity index (χ4v) is 5.30. The van der Waals surface area contributed by atoms with Gasteiger partial charge in [0.15, 0.2) is 11.6 Å². The van der Waals surface area contributed by atoms with E-state index in [2.05, 4.69) is 0 Å². The van der Waals surface area contributed by atoms with Gasteiger partial charge in [0, 0.05) is 13.1 Å². The molecule has 1 aliphatic heterocycles. The summed E-state index contributed by atoms with van der Waals surface area (Å²) in [7, 11) is -2.63. The highest BCUT2D eigenvalue weighted by atomic mass is 32.2. The summed E-state index contributed by atoms with van der Waals surface area (Å²) in [6.07, 6.45) is 1.98. The highest BCUT2D eigenvalue weighted by molar-refractivity contribution is 7.89. The first-order valence-electron chi connectivity index (χ1n) is 7.38. The minimum absolute atomic E-state index is 0.0377. The van der Waals surface area contributed by atoms with Crippen LogP contribution in [0.5, 0.6) is 5.75 Å². The van der Waals surface area contributed by atoms with Crippen molar-refractivity contribution in [3.05, 3.63) is 24.0 Å². The van der Waals surface area contributed by atoms with Gasteiger partial charge in [-0.3, -0.25) is 4.79 Å². The lowest BCUT2D eigenvalue weighted by Gasteiger charge is -2.23. The van der Waals surface area contributed by atoms with E-state index in [9.17, 15) is 22.7 Å². The number of hydrogen-bond acceptors (Lipinski definition) is 4. The molecule has 1 saturated heterocycles. The van der Waals surface area contributed by atoms with Crippen LogP contribution in [0.2, 0.25) is 0 Å². The van der Waals surface area contributed by atoms with Gasteiger partial charge in [0.25, 0.3) is 0 Å². The van der Waals surface area contributed by atoms with Crippen LogP contribution in [-0.2, 0) is 14.8 Å². The molecular formula is C15H18FNO5S. The smallest absolute Gasteiger partial charge is 0.311 e. The fourth-order valence-electron chi connectivity index (χ4n) is 3.73. The largest absolute Gasteiger partial charge is 0.494 e. The molecule has 8 heteroatoms. The second-order valence-corrected chi connectivity index (χ2v) is 8.08. The molecule has 1 aliphatic carbocycles. The Labute approximate surface area is 133 Å². The third kappa shape index (κ3) is 2.40. The van der Waals surface area contributed by atoms with Crippen LogP contribution >= 0.6 is 0 Å². The number of carboxylic acids is 1. The van der Waals surface area contributed by atoms with Crippen molar-refractivity contribution in [1.29, 1.82) is 0 Å². The van der Waals surface area contributed by atoms with Gasteiger partial charge in [-0.2, -0.15) is 4.31 Å². The molecule has 1 N–H and O–H groups in total. The van der Waals surface area contributed by atoms with E-state index in [0.717, 1.165) is 12.5 Å². The monoisotopic (exact) mass is 343 g/mol. The van der Waals surface area contributed by atoms with Crippen LogP contribution in [0.3, 0.4) is 0 Å². The van der Waals surface area contributed by atoms with Crippen molar-refractivity contribution in [2.75, 3.05) is 20.2 Å². The van der Waals surface area contributed by atoms with Crippen LogP contribution in [0.25, 0.3) is 0 Å². The van der Waals surface area contributed by atoms with Crippen molar-refractivity contribution in [2.45, 2.75) is 24.2 Å². The summed E-state index contributed by atoms with van der Waals surface area (Å²) < 4.78 is 45.2. The lowest BCUT2D eigenvalue weighted by Crippen LogP contribution is -2.37. The average molecular weight is 343 g/mol. The van der Waals surface area contributed by atoms with Gasteiger partial charge >= 0.3 is 5.97 Å². The first kappa shape index (κ1) is 16.2. The summed E-state index contributed by atoms with van der Waals surface area (Å²) in [4.78, 5) is 11.5. The number of hydrogen-bond donors (Lipinski definition) is 1. The van der Waals surface area contributed by atoms with Crippen LogP contribution in [-0.4, -0.2) is 44.0 Å². The lowest BCUT2D eigenvalue weighted by molar-refractivity contribution is -0.149. The zero-order valence-electron chi connectivity index (χ0n) is 12.7. The summed E-state index contributed by atoms with van der Waals surface area (Å²) in [6.45, 7) is 0.116. The van der Waals surface area contributed by atoms with Gasteiger partial charge in [0.1, 0.15) is 0 Å². The van der Waals surface area contributed by atoms with Crippen molar-refractivity contribution in [3.63, 3.8) is 0 Å². The molecule has 3 rings (SSSR count). The molecule has 0 bridgehead atoms. The van der Waals surface area contributed by atoms with Gasteiger partial charge in [0.2, 0.25) is 10.0 Å². The van der Waals surface area contributed by atoms with E-state index < -0.39 is 27.2 Å². The third-order valence-corrected chi connectivity index (χ3v) is 6.83. The topological polar surface area (TPSA) is 83.9 Å². The van der Waals surface area contributed by atoms with E-state index in [1.54, 1.807) is 0 Å². The van der Waals surface area contributed by atoms with Gasteiger partial charge in [-0.05, 0) is 37.0 Å². The Kier molecular flexibility index (Phi) is 3.84. The molecule has 1 heterocycles. The van der Waals surface area contributed by atoms with E-state index in [0.29, 0.717) is 12.8 Å². The maximum atomic E-state index is 13.8. The molecule has 2 aliphatic rings. The second-order valence-electron chi connectivity index (χ2n) is 6.14. The van der Waals surface area contributed by atoms with Gasteiger partial charge < -0.3 is 9.84 Å². The zero-order valence-corrected chi connectivity index (χ0v) is 13.5. The number of sulfonamides is 1. The minimum Gasteiger partial charge on any atom is -0.494 e. The van der Waals surface area contributed by atoms with Gasteiger partial charge in [-0.1, -0.05) is 6.42 Å². The molecular weight excluding hydrogens is 325 g/mol. The Bertz CT molecular complexity index is 750. The number of ether oxygens (including phenoxy) is 1. The number of carbonyl (C=O) groups is 1. The number of rotatable bonds is 4. The third-order valence-electron chi connectivity index (χ3n) is 5.03. The Morgan fingerprint density at radius 3 is 2.78 bits per heavy atom. The van der Waals surface area contributed by atoms with E-state index in [4.69, 9.17) is 4.74 Å². The first-order chi connectivity index (χ1) is 10.8. The van der Waals surface area contributed by atoms with Crippen molar-refractivity contribution >= 4 is 16.0 Å². The van der Waals surface area contributed by atoms with Crippen molar-refractivity contribution in [3.8, 4) is 5.75 Å². The van der Waals surface area contributed by atoms with E-state index in [-0.39, 0.29) is 29.7 Å². The number of methoxy groups -OCH3 is 1. The van der Waals surface area contributed by atoms with E-state index >= 15 is 0 Å². The maximum Gasteiger partial charge on any atom is 0.311 e. The quantitative estimate of drug-likeness (QED) is 0.900. The Morgan fingerprint density at radius 1 is 1.48 bits per heavy atom. The predicted molar refractivity (Wildman–Crippen MR) is 79.1 cm³/mol. The highest BCUT2D eigenvalue weighted by Gasteiger charge is 2.57. The molecule has 1 aromatic carbocycles. The molecule has 23 heavy (non-hydrogen) atoms. The summed E-state index contributed by atoms with van der Waals surface area (Å²) in [5, 5.41) is 9.54. The second kappa shape index (κ2) is 5.45. The Balaban J connectivity index is 1.93. The number of halogens is 1. The molecule has 2 fully saturated rings. The number of aliphatic carboxylic acids is 1. The summed E-state index contributed by atoms with van der Waals surface area (Å²) in [6, 6.07) is 3.45. The van der Waals surface area contributed by atoms with Crippen LogP contribution in [0.1, 0.15) is 19.3 Å². The number of carboxylic acid groups (broad SMARTS) is 1. The molecule has 0 amide bonds. The molecule has 1 saturated carbocycles. The van der Waals surface area contributed by atoms with Gasteiger partial charge in [0.05, 0.1) is 17.4 Å². The van der Waals surface area contributed by atoms with Crippen LogP contribution in [0.4, 0.5) is 4.39 Å². The Hall–Kier alpha value is -1.67. The van der Waals surface area contributed by atoms with Crippen LogP contribution < -0.4 is 4.74 Å². The predicted octanol–water partition coefficient (Wildman–Crippen LogP) is 1.71. The lowest BCUT2D eigenvalue weighted by atomic mass is 9.81.